The predicted molar refractivity (Wildman–Crippen MR) is 130 cm³/mol. The number of hydrogen-bond donors (Lipinski definition) is 1. The van der Waals surface area contributed by atoms with Crippen LogP contribution in [0.4, 0.5) is 0 Å². The van der Waals surface area contributed by atoms with Gasteiger partial charge in [-0.25, -0.2) is 0 Å². The van der Waals surface area contributed by atoms with Crippen LogP contribution in [0, 0.1) is 6.92 Å². The van der Waals surface area contributed by atoms with Gasteiger partial charge >= 0.3 is 0 Å². The minimum Gasteiger partial charge on any atom is -0.507 e. The highest BCUT2D eigenvalue weighted by atomic mass is 16.5. The fourth-order valence-electron chi connectivity index (χ4n) is 4.01. The Kier molecular flexibility index (Phi) is 8.06. The Morgan fingerprint density at radius 1 is 1.09 bits per heavy atom. The van der Waals surface area contributed by atoms with Crippen LogP contribution in [0.25, 0.3) is 5.76 Å². The molecule has 1 saturated heterocycles. The van der Waals surface area contributed by atoms with Crippen molar-refractivity contribution in [2.75, 3.05) is 32.8 Å². The molecule has 3 rings (SSSR count). The second-order valence-electron chi connectivity index (χ2n) is 8.05. The molecule has 33 heavy (non-hydrogen) atoms. The van der Waals surface area contributed by atoms with Crippen molar-refractivity contribution in [3.8, 4) is 5.75 Å². The molecule has 0 aliphatic carbocycles. The van der Waals surface area contributed by atoms with Gasteiger partial charge in [-0.05, 0) is 49.8 Å². The first-order chi connectivity index (χ1) is 15.9. The Bertz CT molecular complexity index is 1020. The summed E-state index contributed by atoms with van der Waals surface area (Å²) in [6.07, 6.45) is 1.65. The van der Waals surface area contributed by atoms with Crippen molar-refractivity contribution in [1.82, 2.24) is 9.80 Å². The Hall–Kier alpha value is -3.38. The van der Waals surface area contributed by atoms with E-state index in [1.807, 2.05) is 31.2 Å². The average Bonchev–Trinajstić information content (AvgIpc) is 3.08. The normalized spacial score (nSPS) is 17.6. The van der Waals surface area contributed by atoms with Gasteiger partial charge in [0.25, 0.3) is 11.7 Å². The Labute approximate surface area is 195 Å². The second kappa shape index (κ2) is 11.0. The number of aryl methyl sites for hydroxylation is 1. The molecule has 6 heteroatoms. The molecule has 0 radical (unpaired) electrons. The Balaban J connectivity index is 2.03. The molecule has 1 fully saturated rings. The summed E-state index contributed by atoms with van der Waals surface area (Å²) in [6, 6.07) is 13.9. The number of aliphatic hydroxyl groups excluding tert-OH is 1. The minimum atomic E-state index is -0.662. The van der Waals surface area contributed by atoms with Gasteiger partial charge < -0.3 is 19.6 Å². The molecule has 0 aromatic heterocycles. The number of likely N-dealkylation sites (tertiary alicyclic amines) is 1. The molecule has 174 valence electrons. The molecule has 1 aliphatic heterocycles. The maximum absolute atomic E-state index is 13.1. The van der Waals surface area contributed by atoms with E-state index in [1.54, 1.807) is 35.2 Å². The molecular weight excluding hydrogens is 416 g/mol. The monoisotopic (exact) mass is 448 g/mol. The number of nitrogens with zero attached hydrogens (tertiary/aromatic N) is 2. The number of ether oxygens (including phenoxy) is 1. The van der Waals surface area contributed by atoms with Crippen molar-refractivity contribution >= 4 is 17.4 Å². The second-order valence-corrected chi connectivity index (χ2v) is 8.05. The summed E-state index contributed by atoms with van der Waals surface area (Å²) >= 11 is 0. The maximum atomic E-state index is 13.1. The number of carbonyl (C=O) groups excluding carboxylic acids is 2. The zero-order chi connectivity index (χ0) is 24.0. The smallest absolute Gasteiger partial charge is 0.295 e. The number of likely N-dealkylation sites (N-methyl/N-ethyl adjacent to an activating group) is 1. The summed E-state index contributed by atoms with van der Waals surface area (Å²) in [5, 5.41) is 11.2. The summed E-state index contributed by atoms with van der Waals surface area (Å²) in [7, 11) is 0. The van der Waals surface area contributed by atoms with Crippen molar-refractivity contribution in [3.05, 3.63) is 83.4 Å². The number of amides is 1. The van der Waals surface area contributed by atoms with Crippen LogP contribution in [0.3, 0.4) is 0 Å². The first kappa shape index (κ1) is 24.3. The van der Waals surface area contributed by atoms with E-state index in [2.05, 4.69) is 25.3 Å². The fraction of sp³-hybridized carbons (Fsp3) is 0.333. The third kappa shape index (κ3) is 5.34. The van der Waals surface area contributed by atoms with Crippen LogP contribution in [0.5, 0.6) is 5.75 Å². The minimum absolute atomic E-state index is 0.114. The molecule has 0 spiro atoms. The standard InChI is InChI=1S/C27H32N2O4/c1-5-18-33-22-14-12-21(13-15-22)25(30)23-24(20-10-8-19(4)9-11-20)29(27(32)26(23)31)17-16-28(6-2)7-3/h5,8-15,24,30H,1,6-7,16-18H2,2-4H3/t24-/m1/s1. The van der Waals surface area contributed by atoms with Crippen molar-refractivity contribution < 1.29 is 19.4 Å². The van der Waals surface area contributed by atoms with E-state index < -0.39 is 17.7 Å². The highest BCUT2D eigenvalue weighted by molar-refractivity contribution is 6.46. The lowest BCUT2D eigenvalue weighted by molar-refractivity contribution is -0.140. The van der Waals surface area contributed by atoms with Crippen LogP contribution in [0.1, 0.15) is 36.6 Å². The van der Waals surface area contributed by atoms with Crippen LogP contribution >= 0.6 is 0 Å². The predicted octanol–water partition coefficient (Wildman–Crippen LogP) is 4.32. The molecule has 1 amide bonds. The quantitative estimate of drug-likeness (QED) is 0.254. The third-order valence-electron chi connectivity index (χ3n) is 5.98. The molecule has 1 heterocycles. The Morgan fingerprint density at radius 2 is 1.73 bits per heavy atom. The molecule has 0 bridgehead atoms. The van der Waals surface area contributed by atoms with E-state index in [0.717, 1.165) is 24.2 Å². The number of Topliss-reactive ketones (excluding diaryl/α,β-unsaturated/α-hetero) is 1. The molecule has 1 N–H and O–H groups in total. The topological polar surface area (TPSA) is 70.1 Å². The van der Waals surface area contributed by atoms with Gasteiger partial charge in [0.2, 0.25) is 0 Å². The van der Waals surface area contributed by atoms with E-state index >= 15 is 0 Å². The molecule has 0 saturated carbocycles. The molecule has 2 aromatic carbocycles. The zero-order valence-electron chi connectivity index (χ0n) is 19.6. The summed E-state index contributed by atoms with van der Waals surface area (Å²) in [5.74, 6) is -0.800. The SMILES string of the molecule is C=CCOc1ccc(C(O)=C2C(=O)C(=O)N(CCN(CC)CC)[C@@H]2c2ccc(C)cc2)cc1. The third-order valence-corrected chi connectivity index (χ3v) is 5.98. The lowest BCUT2D eigenvalue weighted by Gasteiger charge is -2.28. The molecule has 6 nitrogen and oxygen atoms in total. The highest BCUT2D eigenvalue weighted by Gasteiger charge is 2.45. The number of benzene rings is 2. The summed E-state index contributed by atoms with van der Waals surface area (Å²) in [5.41, 5.74) is 2.45. The van der Waals surface area contributed by atoms with Crippen LogP contribution in [0.2, 0.25) is 0 Å². The number of ketones is 1. The van der Waals surface area contributed by atoms with Gasteiger partial charge in [0.15, 0.2) is 0 Å². The van der Waals surface area contributed by atoms with E-state index in [4.69, 9.17) is 4.74 Å². The fourth-order valence-corrected chi connectivity index (χ4v) is 4.01. The van der Waals surface area contributed by atoms with Gasteiger partial charge in [0, 0.05) is 18.7 Å². The summed E-state index contributed by atoms with van der Waals surface area (Å²) in [6.45, 7) is 12.9. The van der Waals surface area contributed by atoms with E-state index in [-0.39, 0.29) is 11.3 Å². The van der Waals surface area contributed by atoms with Crippen molar-refractivity contribution in [1.29, 1.82) is 0 Å². The maximum Gasteiger partial charge on any atom is 0.295 e. The van der Waals surface area contributed by atoms with Gasteiger partial charge in [-0.1, -0.05) is 56.3 Å². The average molecular weight is 449 g/mol. The molecule has 1 aliphatic rings. The van der Waals surface area contributed by atoms with Crippen LogP contribution < -0.4 is 4.74 Å². The molecule has 0 unspecified atom stereocenters. The van der Waals surface area contributed by atoms with Gasteiger partial charge in [0.1, 0.15) is 18.1 Å². The van der Waals surface area contributed by atoms with Gasteiger partial charge in [-0.15, -0.1) is 0 Å². The summed E-state index contributed by atoms with van der Waals surface area (Å²) in [4.78, 5) is 29.9. The van der Waals surface area contributed by atoms with Crippen molar-refractivity contribution in [2.24, 2.45) is 0 Å². The van der Waals surface area contributed by atoms with Crippen molar-refractivity contribution in [3.63, 3.8) is 0 Å². The zero-order valence-corrected chi connectivity index (χ0v) is 19.6. The molecule has 1 atom stereocenters. The van der Waals surface area contributed by atoms with Crippen molar-refractivity contribution in [2.45, 2.75) is 26.8 Å². The van der Waals surface area contributed by atoms with E-state index in [9.17, 15) is 14.7 Å². The number of carbonyl (C=O) groups is 2. The van der Waals surface area contributed by atoms with Crippen LogP contribution in [-0.4, -0.2) is 59.4 Å². The first-order valence-corrected chi connectivity index (χ1v) is 11.3. The number of rotatable bonds is 10. The Morgan fingerprint density at radius 3 is 2.30 bits per heavy atom. The number of aliphatic hydroxyl groups is 1. The van der Waals surface area contributed by atoms with E-state index in [1.165, 1.54) is 0 Å². The molecule has 2 aromatic rings. The lowest BCUT2D eigenvalue weighted by atomic mass is 9.94. The van der Waals surface area contributed by atoms with Gasteiger partial charge in [-0.3, -0.25) is 9.59 Å². The van der Waals surface area contributed by atoms with Gasteiger partial charge in [0.05, 0.1) is 11.6 Å². The summed E-state index contributed by atoms with van der Waals surface area (Å²) < 4.78 is 5.50. The van der Waals surface area contributed by atoms with Crippen LogP contribution in [0.15, 0.2) is 66.8 Å². The molecular formula is C27H32N2O4. The van der Waals surface area contributed by atoms with Gasteiger partial charge in [-0.2, -0.15) is 0 Å². The lowest BCUT2D eigenvalue weighted by Crippen LogP contribution is -2.38. The first-order valence-electron chi connectivity index (χ1n) is 11.3. The largest absolute Gasteiger partial charge is 0.507 e. The number of hydrogen-bond acceptors (Lipinski definition) is 5. The highest BCUT2D eigenvalue weighted by Crippen LogP contribution is 2.39. The van der Waals surface area contributed by atoms with E-state index in [0.29, 0.717) is 31.0 Å². The van der Waals surface area contributed by atoms with Crippen LogP contribution in [-0.2, 0) is 9.59 Å².